The third-order valence-electron chi connectivity index (χ3n) is 2.19. The van der Waals surface area contributed by atoms with Crippen LogP contribution in [-0.2, 0) is 16.0 Å². The van der Waals surface area contributed by atoms with Gasteiger partial charge in [-0.3, -0.25) is 4.79 Å². The highest BCUT2D eigenvalue weighted by molar-refractivity contribution is 9.15. The quantitative estimate of drug-likeness (QED) is 0.252. The first-order chi connectivity index (χ1) is 8.40. The summed E-state index contributed by atoms with van der Waals surface area (Å²) in [5.41, 5.74) is 1.02. The summed E-state index contributed by atoms with van der Waals surface area (Å²) in [5, 5.41) is 0. The van der Waals surface area contributed by atoms with E-state index in [1.807, 2.05) is 0 Å². The molecule has 0 aliphatic rings. The summed E-state index contributed by atoms with van der Waals surface area (Å²) in [6.07, 6.45) is 0.954. The van der Waals surface area contributed by atoms with Gasteiger partial charge in [0, 0.05) is 28.8 Å². The Hall–Kier alpha value is 1.09. The first kappa shape index (κ1) is 17.1. The van der Waals surface area contributed by atoms with Crippen LogP contribution in [0.4, 0.5) is 0 Å². The Kier molecular flexibility index (Phi) is 7.39. The zero-order valence-electron chi connectivity index (χ0n) is 9.33. The van der Waals surface area contributed by atoms with Gasteiger partial charge in [-0.25, -0.2) is 0 Å². The second-order valence-electron chi connectivity index (χ2n) is 3.35. The zero-order valence-corrected chi connectivity index (χ0v) is 17.3. The van der Waals surface area contributed by atoms with Crippen LogP contribution in [0.25, 0.3) is 0 Å². The van der Waals surface area contributed by atoms with Gasteiger partial charge in [0.05, 0.1) is 6.61 Å². The van der Waals surface area contributed by atoms with E-state index in [1.54, 1.807) is 6.92 Å². The summed E-state index contributed by atoms with van der Waals surface area (Å²) in [5.74, 6) is -0.188. The lowest BCUT2D eigenvalue weighted by Gasteiger charge is -2.13. The number of hydrogen-bond donors (Lipinski definition) is 0. The summed E-state index contributed by atoms with van der Waals surface area (Å²) in [7, 11) is 0. The first-order valence-corrected chi connectivity index (χ1v) is 9.02. The lowest BCUT2D eigenvalue weighted by atomic mass is 10.1. The van der Waals surface area contributed by atoms with Crippen LogP contribution >= 0.6 is 79.6 Å². The van der Waals surface area contributed by atoms with Crippen molar-refractivity contribution in [2.45, 2.75) is 19.8 Å². The van der Waals surface area contributed by atoms with Gasteiger partial charge < -0.3 is 4.74 Å². The van der Waals surface area contributed by atoms with Gasteiger partial charge in [0.2, 0.25) is 0 Å². The molecular weight excluding hydrogens is 564 g/mol. The lowest BCUT2D eigenvalue weighted by molar-refractivity contribution is -0.143. The van der Waals surface area contributed by atoms with Gasteiger partial charge in [0.15, 0.2) is 0 Å². The molecule has 1 rings (SSSR count). The van der Waals surface area contributed by atoms with Gasteiger partial charge in [-0.1, -0.05) is 0 Å². The molecule has 0 amide bonds. The Labute approximate surface area is 148 Å². The minimum Gasteiger partial charge on any atom is -0.466 e. The van der Waals surface area contributed by atoms with Crippen molar-refractivity contribution in [2.75, 3.05) is 6.61 Å². The van der Waals surface area contributed by atoms with Crippen LogP contribution in [0.3, 0.4) is 0 Å². The molecule has 0 saturated carbocycles. The van der Waals surface area contributed by atoms with Gasteiger partial charge in [-0.05, 0) is 98.6 Å². The second-order valence-corrected chi connectivity index (χ2v) is 7.32. The van der Waals surface area contributed by atoms with Crippen LogP contribution in [0.5, 0.6) is 0 Å². The summed E-state index contributed by atoms with van der Waals surface area (Å²) in [6.45, 7) is 2.21. The molecule has 7 heteroatoms. The van der Waals surface area contributed by atoms with Crippen molar-refractivity contribution in [2.24, 2.45) is 0 Å². The molecule has 0 unspecified atom stereocenters. The minimum absolute atomic E-state index is 0.188. The first-order valence-electron chi connectivity index (χ1n) is 5.06. The second kappa shape index (κ2) is 7.76. The molecular formula is C11H9Br5O2. The third-order valence-corrected chi connectivity index (χ3v) is 8.44. The Balaban J connectivity index is 2.99. The largest absolute Gasteiger partial charge is 0.466 e. The van der Waals surface area contributed by atoms with Gasteiger partial charge >= 0.3 is 5.97 Å². The van der Waals surface area contributed by atoms with Crippen molar-refractivity contribution in [3.05, 3.63) is 27.9 Å². The monoisotopic (exact) mass is 568 g/mol. The molecule has 0 spiro atoms. The van der Waals surface area contributed by atoms with Crippen LogP contribution in [-0.4, -0.2) is 12.6 Å². The van der Waals surface area contributed by atoms with E-state index in [0.717, 1.165) is 27.9 Å². The fourth-order valence-corrected chi connectivity index (χ4v) is 4.86. The average molecular weight is 573 g/mol. The van der Waals surface area contributed by atoms with Crippen LogP contribution in [0.1, 0.15) is 18.9 Å². The highest BCUT2D eigenvalue weighted by atomic mass is 79.9. The molecule has 0 radical (unpaired) electrons. The molecule has 0 N–H and O–H groups in total. The van der Waals surface area contributed by atoms with Gasteiger partial charge in [0.1, 0.15) is 0 Å². The zero-order chi connectivity index (χ0) is 13.9. The van der Waals surface area contributed by atoms with E-state index in [-0.39, 0.29) is 5.97 Å². The molecule has 0 bridgehead atoms. The van der Waals surface area contributed by atoms with E-state index in [2.05, 4.69) is 79.6 Å². The van der Waals surface area contributed by atoms with Crippen molar-refractivity contribution in [1.82, 2.24) is 0 Å². The number of carbonyl (C=O) groups excluding carboxylic acids is 1. The van der Waals surface area contributed by atoms with Crippen molar-refractivity contribution in [3.63, 3.8) is 0 Å². The highest BCUT2D eigenvalue weighted by Gasteiger charge is 2.18. The van der Waals surface area contributed by atoms with Crippen molar-refractivity contribution >= 4 is 85.6 Å². The number of hydrogen-bond acceptors (Lipinski definition) is 2. The predicted molar refractivity (Wildman–Crippen MR) is 89.9 cm³/mol. The number of esters is 1. The normalized spacial score (nSPS) is 10.6. The van der Waals surface area contributed by atoms with Crippen LogP contribution in [0.2, 0.25) is 0 Å². The van der Waals surface area contributed by atoms with Crippen LogP contribution < -0.4 is 0 Å². The molecule has 1 aromatic carbocycles. The van der Waals surface area contributed by atoms with Crippen molar-refractivity contribution in [3.8, 4) is 0 Å². The van der Waals surface area contributed by atoms with E-state index in [0.29, 0.717) is 19.4 Å². The lowest BCUT2D eigenvalue weighted by Crippen LogP contribution is -2.06. The van der Waals surface area contributed by atoms with Crippen LogP contribution in [0, 0.1) is 0 Å². The molecule has 0 saturated heterocycles. The smallest absolute Gasteiger partial charge is 0.306 e. The van der Waals surface area contributed by atoms with E-state index in [1.165, 1.54) is 0 Å². The fourth-order valence-electron chi connectivity index (χ4n) is 1.33. The fraction of sp³-hybridized carbons (Fsp3) is 0.364. The Bertz CT molecular complexity index is 444. The topological polar surface area (TPSA) is 26.3 Å². The number of rotatable bonds is 4. The number of benzene rings is 1. The highest BCUT2D eigenvalue weighted by Crippen LogP contribution is 2.44. The molecule has 2 nitrogen and oxygen atoms in total. The van der Waals surface area contributed by atoms with E-state index in [9.17, 15) is 4.79 Å². The Morgan fingerprint density at radius 3 is 1.83 bits per heavy atom. The molecule has 100 valence electrons. The van der Waals surface area contributed by atoms with Crippen molar-refractivity contribution < 1.29 is 9.53 Å². The molecule has 0 fully saturated rings. The summed E-state index contributed by atoms with van der Waals surface area (Å²) in [6, 6.07) is 0. The SMILES string of the molecule is CCOC(=O)CCc1c(Br)c(Br)c(Br)c(Br)c1Br. The summed E-state index contributed by atoms with van der Waals surface area (Å²) < 4.78 is 9.52. The number of carbonyl (C=O) groups is 1. The molecule has 0 aliphatic heterocycles. The molecule has 0 aliphatic carbocycles. The summed E-state index contributed by atoms with van der Waals surface area (Å²) >= 11 is 17.5. The van der Waals surface area contributed by atoms with E-state index in [4.69, 9.17) is 4.74 Å². The van der Waals surface area contributed by atoms with E-state index >= 15 is 0 Å². The minimum atomic E-state index is -0.188. The Morgan fingerprint density at radius 1 is 0.944 bits per heavy atom. The molecule has 0 aromatic heterocycles. The number of ether oxygens (including phenoxy) is 1. The maximum atomic E-state index is 11.4. The molecule has 18 heavy (non-hydrogen) atoms. The predicted octanol–water partition coefficient (Wildman–Crippen LogP) is 5.99. The van der Waals surface area contributed by atoms with Gasteiger partial charge in [-0.2, -0.15) is 0 Å². The standard InChI is InChI=1S/C11H9Br5O2/c1-2-18-6(17)4-3-5-7(12)9(14)11(16)10(15)8(5)13/h2-4H2,1H3. The van der Waals surface area contributed by atoms with Crippen LogP contribution in [0.15, 0.2) is 22.4 Å². The molecule has 0 atom stereocenters. The van der Waals surface area contributed by atoms with Gasteiger partial charge in [0.25, 0.3) is 0 Å². The third kappa shape index (κ3) is 4.04. The molecule has 1 aromatic rings. The van der Waals surface area contributed by atoms with Gasteiger partial charge in [-0.15, -0.1) is 0 Å². The van der Waals surface area contributed by atoms with E-state index < -0.39 is 0 Å². The molecule has 0 heterocycles. The Morgan fingerprint density at radius 2 is 1.39 bits per heavy atom. The van der Waals surface area contributed by atoms with Crippen molar-refractivity contribution in [1.29, 1.82) is 0 Å². The summed E-state index contributed by atoms with van der Waals surface area (Å²) in [4.78, 5) is 11.4. The maximum absolute atomic E-state index is 11.4. The number of halogens is 5. The average Bonchev–Trinajstić information content (AvgIpc) is 2.34. The maximum Gasteiger partial charge on any atom is 0.306 e.